The molecule has 7 heteroatoms. The summed E-state index contributed by atoms with van der Waals surface area (Å²) < 4.78 is 5.18. The van der Waals surface area contributed by atoms with Crippen LogP contribution < -0.4 is 4.74 Å². The van der Waals surface area contributed by atoms with Crippen LogP contribution in [0.1, 0.15) is 21.5 Å². The van der Waals surface area contributed by atoms with Crippen LogP contribution in [0.15, 0.2) is 48.5 Å². The van der Waals surface area contributed by atoms with Gasteiger partial charge in [-0.2, -0.15) is 5.26 Å². The van der Waals surface area contributed by atoms with E-state index in [1.54, 1.807) is 36.3 Å². The van der Waals surface area contributed by atoms with Gasteiger partial charge in [-0.15, -0.1) is 0 Å². The summed E-state index contributed by atoms with van der Waals surface area (Å²) in [5, 5.41) is 8.91. The van der Waals surface area contributed by atoms with Gasteiger partial charge in [0.2, 0.25) is 0 Å². The van der Waals surface area contributed by atoms with Crippen LogP contribution in [0.2, 0.25) is 0 Å². The molecule has 1 atom stereocenters. The van der Waals surface area contributed by atoms with Crippen LogP contribution >= 0.6 is 0 Å². The first-order valence-corrected chi connectivity index (χ1v) is 9.57. The molecule has 3 amide bonds. The zero-order valence-corrected chi connectivity index (χ0v) is 16.2. The van der Waals surface area contributed by atoms with Crippen LogP contribution in [0.4, 0.5) is 4.79 Å². The van der Waals surface area contributed by atoms with E-state index < -0.39 is 0 Å². The van der Waals surface area contributed by atoms with Crippen molar-refractivity contribution in [2.45, 2.75) is 12.6 Å². The van der Waals surface area contributed by atoms with E-state index in [0.717, 1.165) is 11.3 Å². The average molecular weight is 390 g/mol. The summed E-state index contributed by atoms with van der Waals surface area (Å²) in [5.74, 6) is 0.728. The Balaban J connectivity index is 1.41. The molecule has 2 aromatic rings. The Hall–Kier alpha value is -3.53. The Morgan fingerprint density at radius 3 is 2.48 bits per heavy atom. The molecule has 2 aliphatic heterocycles. The van der Waals surface area contributed by atoms with Crippen molar-refractivity contribution in [3.05, 3.63) is 65.2 Å². The number of urea groups is 1. The van der Waals surface area contributed by atoms with E-state index in [1.807, 2.05) is 34.1 Å². The van der Waals surface area contributed by atoms with Crippen molar-refractivity contribution in [2.24, 2.45) is 0 Å². The summed E-state index contributed by atoms with van der Waals surface area (Å²) in [6.45, 7) is 2.70. The third-order valence-corrected chi connectivity index (χ3v) is 5.51. The van der Waals surface area contributed by atoms with Gasteiger partial charge in [0.1, 0.15) is 5.75 Å². The van der Waals surface area contributed by atoms with E-state index in [1.165, 1.54) is 0 Å². The third kappa shape index (κ3) is 3.74. The number of carbonyl (C=O) groups is 2. The Morgan fingerprint density at radius 1 is 1.10 bits per heavy atom. The topological polar surface area (TPSA) is 76.9 Å². The Morgan fingerprint density at radius 2 is 1.83 bits per heavy atom. The zero-order valence-electron chi connectivity index (χ0n) is 16.2. The van der Waals surface area contributed by atoms with Gasteiger partial charge in [0.25, 0.3) is 5.91 Å². The number of piperazine rings is 1. The van der Waals surface area contributed by atoms with Crippen molar-refractivity contribution in [1.29, 1.82) is 5.26 Å². The fourth-order valence-corrected chi connectivity index (χ4v) is 3.92. The maximum absolute atomic E-state index is 12.8. The second kappa shape index (κ2) is 7.84. The minimum absolute atomic E-state index is 0.00294. The van der Waals surface area contributed by atoms with E-state index in [4.69, 9.17) is 10.00 Å². The summed E-state index contributed by atoms with van der Waals surface area (Å²) >= 11 is 0. The number of hydrogen-bond donors (Lipinski definition) is 0. The lowest BCUT2D eigenvalue weighted by molar-refractivity contribution is 0.0617. The molecule has 4 rings (SSSR count). The van der Waals surface area contributed by atoms with Gasteiger partial charge in [0.15, 0.2) is 0 Å². The van der Waals surface area contributed by atoms with Crippen LogP contribution in [-0.4, -0.2) is 66.0 Å². The van der Waals surface area contributed by atoms with Gasteiger partial charge >= 0.3 is 6.03 Å². The van der Waals surface area contributed by atoms with Crippen molar-refractivity contribution in [1.82, 2.24) is 14.7 Å². The fraction of sp³-hybridized carbons (Fsp3) is 0.318. The summed E-state index contributed by atoms with van der Waals surface area (Å²) in [7, 11) is 1.63. The number of ether oxygens (including phenoxy) is 1. The summed E-state index contributed by atoms with van der Waals surface area (Å²) in [6.07, 6.45) is 0. The van der Waals surface area contributed by atoms with Gasteiger partial charge < -0.3 is 19.4 Å². The standard InChI is InChI=1S/C22H22N4O3/c1-29-20-8-4-17(5-9-20)13-25-15-19-14-24(10-11-26(19)22(25)28)21(27)18-6-2-16(12-23)3-7-18/h2-9,19H,10-11,13-15H2,1H3/t19-/m1/s1. The Labute approximate surface area is 169 Å². The van der Waals surface area contributed by atoms with Gasteiger partial charge in [-0.1, -0.05) is 12.1 Å². The molecule has 0 aromatic heterocycles. The normalized spacial score (nSPS) is 18.4. The smallest absolute Gasteiger partial charge is 0.320 e. The second-order valence-electron chi connectivity index (χ2n) is 7.30. The number of benzene rings is 2. The molecule has 2 saturated heterocycles. The molecule has 0 radical (unpaired) electrons. The monoisotopic (exact) mass is 390 g/mol. The molecule has 2 fully saturated rings. The van der Waals surface area contributed by atoms with Crippen molar-refractivity contribution in [2.75, 3.05) is 33.3 Å². The number of carbonyl (C=O) groups excluding carboxylic acids is 2. The molecule has 148 valence electrons. The minimum Gasteiger partial charge on any atom is -0.497 e. The average Bonchev–Trinajstić information content (AvgIpc) is 3.08. The van der Waals surface area contributed by atoms with Crippen LogP contribution in [-0.2, 0) is 6.54 Å². The minimum atomic E-state index is -0.0600. The third-order valence-electron chi connectivity index (χ3n) is 5.51. The molecule has 29 heavy (non-hydrogen) atoms. The first-order chi connectivity index (χ1) is 14.1. The molecule has 2 heterocycles. The van der Waals surface area contributed by atoms with Crippen molar-refractivity contribution < 1.29 is 14.3 Å². The number of nitriles is 1. The predicted octanol–water partition coefficient (Wildman–Crippen LogP) is 2.33. The molecule has 0 N–H and O–H groups in total. The molecule has 2 aromatic carbocycles. The van der Waals surface area contributed by atoms with Gasteiger partial charge in [-0.3, -0.25) is 4.79 Å². The first-order valence-electron chi connectivity index (χ1n) is 9.57. The number of hydrogen-bond acceptors (Lipinski definition) is 4. The van der Waals surface area contributed by atoms with Crippen LogP contribution in [0.5, 0.6) is 5.75 Å². The highest BCUT2D eigenvalue weighted by atomic mass is 16.5. The number of nitrogens with zero attached hydrogens (tertiary/aromatic N) is 4. The molecule has 0 unspecified atom stereocenters. The van der Waals surface area contributed by atoms with Crippen molar-refractivity contribution >= 4 is 11.9 Å². The lowest BCUT2D eigenvalue weighted by atomic mass is 10.1. The molecular formula is C22H22N4O3. The molecule has 0 saturated carbocycles. The number of amides is 3. The van der Waals surface area contributed by atoms with Crippen molar-refractivity contribution in [3.63, 3.8) is 0 Å². The van der Waals surface area contributed by atoms with Crippen LogP contribution in [0.25, 0.3) is 0 Å². The SMILES string of the molecule is COc1ccc(CN2C[C@H]3CN(C(=O)c4ccc(C#N)cc4)CCN3C2=O)cc1. The van der Waals surface area contributed by atoms with Crippen LogP contribution in [0, 0.1) is 11.3 Å². The van der Waals surface area contributed by atoms with Crippen LogP contribution in [0.3, 0.4) is 0 Å². The highest BCUT2D eigenvalue weighted by molar-refractivity contribution is 5.94. The van der Waals surface area contributed by atoms with Gasteiger partial charge in [0, 0.05) is 38.3 Å². The second-order valence-corrected chi connectivity index (χ2v) is 7.30. The maximum atomic E-state index is 12.8. The zero-order chi connectivity index (χ0) is 20.4. The van der Waals surface area contributed by atoms with Gasteiger partial charge in [-0.05, 0) is 42.0 Å². The highest BCUT2D eigenvalue weighted by Gasteiger charge is 2.41. The molecule has 2 aliphatic rings. The predicted molar refractivity (Wildman–Crippen MR) is 106 cm³/mol. The van der Waals surface area contributed by atoms with E-state index >= 15 is 0 Å². The van der Waals surface area contributed by atoms with E-state index in [9.17, 15) is 9.59 Å². The quantitative estimate of drug-likeness (QED) is 0.803. The van der Waals surface area contributed by atoms with Gasteiger partial charge in [-0.25, -0.2) is 4.79 Å². The van der Waals surface area contributed by atoms with Gasteiger partial charge in [0.05, 0.1) is 24.8 Å². The molecule has 0 aliphatic carbocycles. The number of rotatable bonds is 4. The van der Waals surface area contributed by atoms with Crippen molar-refractivity contribution in [3.8, 4) is 11.8 Å². The molecule has 0 spiro atoms. The van der Waals surface area contributed by atoms with E-state index in [2.05, 4.69) is 6.07 Å². The lowest BCUT2D eigenvalue weighted by Gasteiger charge is -2.36. The number of fused-ring (bicyclic) bond motifs is 1. The first kappa shape index (κ1) is 18.8. The lowest BCUT2D eigenvalue weighted by Crippen LogP contribution is -2.53. The highest BCUT2D eigenvalue weighted by Crippen LogP contribution is 2.24. The summed E-state index contributed by atoms with van der Waals surface area (Å²) in [4.78, 5) is 31.1. The molecule has 0 bridgehead atoms. The van der Waals surface area contributed by atoms with E-state index in [-0.39, 0.29) is 18.0 Å². The van der Waals surface area contributed by atoms with E-state index in [0.29, 0.717) is 43.9 Å². The summed E-state index contributed by atoms with van der Waals surface area (Å²) in [6, 6.07) is 16.5. The maximum Gasteiger partial charge on any atom is 0.320 e. The fourth-order valence-electron chi connectivity index (χ4n) is 3.92. The largest absolute Gasteiger partial charge is 0.497 e. The molecular weight excluding hydrogens is 368 g/mol. The number of methoxy groups -OCH3 is 1. The Bertz CT molecular complexity index is 950. The molecule has 7 nitrogen and oxygen atoms in total. The Kier molecular flexibility index (Phi) is 5.09. The summed E-state index contributed by atoms with van der Waals surface area (Å²) in [5.41, 5.74) is 2.14.